The summed E-state index contributed by atoms with van der Waals surface area (Å²) in [5.74, 6) is -0.143. The van der Waals surface area contributed by atoms with Gasteiger partial charge in [-0.25, -0.2) is 0 Å². The highest BCUT2D eigenvalue weighted by Gasteiger charge is 2.33. The van der Waals surface area contributed by atoms with Crippen LogP contribution in [0.4, 0.5) is 11.6 Å². The topological polar surface area (TPSA) is 96.3 Å². The maximum atomic E-state index is 11.8. The van der Waals surface area contributed by atoms with Crippen LogP contribution >= 0.6 is 34.8 Å². The Balaban J connectivity index is 2.74. The lowest BCUT2D eigenvalue weighted by atomic mass is 10.2. The van der Waals surface area contributed by atoms with E-state index in [9.17, 15) is 13.0 Å². The second-order valence-corrected chi connectivity index (χ2v) is 7.53. The molecule has 0 radical (unpaired) electrons. The van der Waals surface area contributed by atoms with E-state index < -0.39 is 15.5 Å². The van der Waals surface area contributed by atoms with Gasteiger partial charge in [0.25, 0.3) is 10.1 Å². The minimum atomic E-state index is -4.48. The number of halogens is 3. The highest BCUT2D eigenvalue weighted by Crippen LogP contribution is 2.35. The summed E-state index contributed by atoms with van der Waals surface area (Å²) in [6.45, 7) is 3.41. The molecular weight excluding hydrogens is 399 g/mol. The predicted molar refractivity (Wildman–Crippen MR) is 93.8 cm³/mol. The molecule has 0 fully saturated rings. The van der Waals surface area contributed by atoms with E-state index in [0.717, 1.165) is 10.5 Å². The van der Waals surface area contributed by atoms with Gasteiger partial charge in [0, 0.05) is 0 Å². The Bertz CT molecular complexity index is 843. The van der Waals surface area contributed by atoms with E-state index in [4.69, 9.17) is 34.8 Å². The van der Waals surface area contributed by atoms with Crippen molar-refractivity contribution < 1.29 is 13.0 Å². The molecule has 24 heavy (non-hydrogen) atoms. The van der Waals surface area contributed by atoms with E-state index in [-0.39, 0.29) is 33.6 Å². The molecule has 11 heteroatoms. The fourth-order valence-corrected chi connectivity index (χ4v) is 3.73. The second-order valence-electron chi connectivity index (χ2n) is 4.88. The molecular formula is C13H13Cl3N4O3S. The van der Waals surface area contributed by atoms with Gasteiger partial charge in [-0.05, 0) is 54.2 Å². The monoisotopic (exact) mass is 410 g/mol. The Kier molecular flexibility index (Phi) is 5.87. The molecule has 1 unspecified atom stereocenters. The third-order valence-corrected chi connectivity index (χ3v) is 5.00. The maximum Gasteiger partial charge on any atom is 0.286 e. The zero-order valence-electron chi connectivity index (χ0n) is 12.6. The Morgan fingerprint density at radius 2 is 1.75 bits per heavy atom. The third-order valence-electron chi connectivity index (χ3n) is 3.13. The number of aromatic nitrogens is 3. The van der Waals surface area contributed by atoms with Gasteiger partial charge in [0.15, 0.2) is 5.37 Å². The van der Waals surface area contributed by atoms with Crippen LogP contribution in [0.25, 0.3) is 0 Å². The zero-order chi connectivity index (χ0) is 18.1. The van der Waals surface area contributed by atoms with Crippen molar-refractivity contribution in [3.05, 3.63) is 39.4 Å². The number of aryl methyl sites for hydroxylation is 1. The first-order valence-corrected chi connectivity index (χ1v) is 9.36. The standard InChI is InChI=1S/C13H13Cl3N4O3S/c1-3-10(24(21,22)23)20(9-5-4-7(2)6-8(9)14)13-18-11(15)17-12(16)19-13/h4-6,10H,3H2,1-2H3,(H,21,22,23). The van der Waals surface area contributed by atoms with Crippen LogP contribution in [0.5, 0.6) is 0 Å². The summed E-state index contributed by atoms with van der Waals surface area (Å²) >= 11 is 17.8. The van der Waals surface area contributed by atoms with Crippen LogP contribution in [0.1, 0.15) is 18.9 Å². The van der Waals surface area contributed by atoms with E-state index in [1.165, 1.54) is 0 Å². The van der Waals surface area contributed by atoms with Crippen molar-refractivity contribution in [2.45, 2.75) is 25.6 Å². The third kappa shape index (κ3) is 4.25. The molecule has 0 aliphatic heterocycles. The molecule has 0 aliphatic rings. The minimum Gasteiger partial charge on any atom is -0.289 e. The van der Waals surface area contributed by atoms with Gasteiger partial charge in [-0.15, -0.1) is 0 Å². The molecule has 2 rings (SSSR count). The van der Waals surface area contributed by atoms with Gasteiger partial charge < -0.3 is 0 Å². The number of rotatable bonds is 5. The van der Waals surface area contributed by atoms with Crippen molar-refractivity contribution in [1.29, 1.82) is 0 Å². The van der Waals surface area contributed by atoms with Gasteiger partial charge >= 0.3 is 0 Å². The lowest BCUT2D eigenvalue weighted by molar-refractivity contribution is 0.463. The van der Waals surface area contributed by atoms with E-state index in [2.05, 4.69) is 15.0 Å². The van der Waals surface area contributed by atoms with E-state index in [0.29, 0.717) is 0 Å². The predicted octanol–water partition coefficient (Wildman–Crippen LogP) is 3.90. The molecule has 1 N–H and O–H groups in total. The average molecular weight is 412 g/mol. The zero-order valence-corrected chi connectivity index (χ0v) is 15.7. The summed E-state index contributed by atoms with van der Waals surface area (Å²) in [7, 11) is -4.48. The number of hydrogen-bond donors (Lipinski definition) is 1. The summed E-state index contributed by atoms with van der Waals surface area (Å²) in [6, 6.07) is 4.97. The van der Waals surface area contributed by atoms with Gasteiger partial charge in [0.05, 0.1) is 10.7 Å². The van der Waals surface area contributed by atoms with Gasteiger partial charge in [-0.3, -0.25) is 9.45 Å². The quantitative estimate of drug-likeness (QED) is 0.745. The lowest BCUT2D eigenvalue weighted by Crippen LogP contribution is -2.38. The van der Waals surface area contributed by atoms with Crippen LogP contribution in [-0.2, 0) is 10.1 Å². The van der Waals surface area contributed by atoms with Crippen LogP contribution < -0.4 is 4.90 Å². The fraction of sp³-hybridized carbons (Fsp3) is 0.308. The van der Waals surface area contributed by atoms with Crippen molar-refractivity contribution in [1.82, 2.24) is 15.0 Å². The first kappa shape index (κ1) is 19.1. The Labute approximate surface area is 154 Å². The van der Waals surface area contributed by atoms with Gasteiger partial charge in [-0.1, -0.05) is 24.6 Å². The summed E-state index contributed by atoms with van der Waals surface area (Å²) in [5, 5.41) is -1.57. The molecule has 1 atom stereocenters. The number of hydrogen-bond acceptors (Lipinski definition) is 6. The van der Waals surface area contributed by atoms with Crippen LogP contribution in [0.3, 0.4) is 0 Å². The molecule has 2 aromatic rings. The van der Waals surface area contributed by atoms with Crippen molar-refractivity contribution in [3.8, 4) is 0 Å². The SMILES string of the molecule is CCC(N(c1nc(Cl)nc(Cl)n1)c1ccc(C)cc1Cl)S(=O)(=O)O. The van der Waals surface area contributed by atoms with Gasteiger partial charge in [0.2, 0.25) is 16.5 Å². The molecule has 0 spiro atoms. The molecule has 0 saturated carbocycles. The van der Waals surface area contributed by atoms with E-state index in [1.54, 1.807) is 25.1 Å². The minimum absolute atomic E-state index is 0.0317. The number of nitrogens with zero attached hydrogens (tertiary/aromatic N) is 4. The molecule has 7 nitrogen and oxygen atoms in total. The molecule has 0 aliphatic carbocycles. The molecule has 1 aromatic heterocycles. The highest BCUT2D eigenvalue weighted by molar-refractivity contribution is 7.86. The maximum absolute atomic E-state index is 11.8. The van der Waals surface area contributed by atoms with E-state index >= 15 is 0 Å². The summed E-state index contributed by atoms with van der Waals surface area (Å²) in [6.07, 6.45) is 0.0317. The molecule has 1 aromatic carbocycles. The van der Waals surface area contributed by atoms with Crippen molar-refractivity contribution >= 4 is 56.6 Å². The fourth-order valence-electron chi connectivity index (χ4n) is 2.15. The second kappa shape index (κ2) is 7.37. The first-order valence-electron chi connectivity index (χ1n) is 6.72. The Hall–Kier alpha value is -1.19. The van der Waals surface area contributed by atoms with Crippen LogP contribution in [-0.4, -0.2) is 33.3 Å². The first-order chi connectivity index (χ1) is 11.1. The van der Waals surface area contributed by atoms with Crippen molar-refractivity contribution in [2.24, 2.45) is 0 Å². The van der Waals surface area contributed by atoms with E-state index in [1.807, 2.05) is 6.92 Å². The summed E-state index contributed by atoms with van der Waals surface area (Å²) in [5.41, 5.74) is 1.15. The summed E-state index contributed by atoms with van der Waals surface area (Å²) < 4.78 is 33.3. The lowest BCUT2D eigenvalue weighted by Gasteiger charge is -2.29. The number of benzene rings is 1. The van der Waals surface area contributed by atoms with Crippen LogP contribution in [0.15, 0.2) is 18.2 Å². The van der Waals surface area contributed by atoms with Gasteiger partial charge in [-0.2, -0.15) is 23.4 Å². The van der Waals surface area contributed by atoms with Crippen LogP contribution in [0.2, 0.25) is 15.6 Å². The van der Waals surface area contributed by atoms with Crippen molar-refractivity contribution in [3.63, 3.8) is 0 Å². The smallest absolute Gasteiger partial charge is 0.286 e. The number of anilines is 2. The Morgan fingerprint density at radius 1 is 1.17 bits per heavy atom. The Morgan fingerprint density at radius 3 is 2.21 bits per heavy atom. The largest absolute Gasteiger partial charge is 0.289 e. The molecule has 0 bridgehead atoms. The van der Waals surface area contributed by atoms with Crippen LogP contribution in [0, 0.1) is 6.92 Å². The molecule has 130 valence electrons. The highest BCUT2D eigenvalue weighted by atomic mass is 35.5. The van der Waals surface area contributed by atoms with Gasteiger partial charge in [0.1, 0.15) is 0 Å². The normalized spacial score (nSPS) is 12.9. The molecule has 1 heterocycles. The molecule has 0 saturated heterocycles. The average Bonchev–Trinajstić information content (AvgIpc) is 2.43. The van der Waals surface area contributed by atoms with Crippen molar-refractivity contribution in [2.75, 3.05) is 4.90 Å². The summed E-state index contributed by atoms with van der Waals surface area (Å²) in [4.78, 5) is 12.6. The molecule has 0 amide bonds.